The van der Waals surface area contributed by atoms with E-state index in [-0.39, 0.29) is 0 Å². The number of anilines is 1. The maximum absolute atomic E-state index is 6.08. The van der Waals surface area contributed by atoms with Crippen molar-refractivity contribution < 1.29 is 0 Å². The van der Waals surface area contributed by atoms with Gasteiger partial charge in [-0.2, -0.15) is 5.10 Å². The molecule has 0 amide bonds. The van der Waals surface area contributed by atoms with Crippen molar-refractivity contribution in [1.82, 2.24) is 29.6 Å². The van der Waals surface area contributed by atoms with E-state index in [1.165, 1.54) is 6.42 Å². The number of hydrogen-bond donors (Lipinski definition) is 1. The van der Waals surface area contributed by atoms with Gasteiger partial charge in [-0.1, -0.05) is 12.1 Å². The molecule has 0 unspecified atom stereocenters. The smallest absolute Gasteiger partial charge is 0.145 e. The summed E-state index contributed by atoms with van der Waals surface area (Å²) in [5.41, 5.74) is 6.99. The number of para-hydroxylation sites is 1. The molecule has 4 rings (SSSR count). The molecule has 0 spiro atoms. The highest BCUT2D eigenvalue weighted by atomic mass is 15.3. The quantitative estimate of drug-likeness (QED) is 0.785. The Balaban J connectivity index is 1.54. The van der Waals surface area contributed by atoms with Crippen LogP contribution in [0.15, 0.2) is 36.9 Å². The molecule has 2 N–H and O–H groups in total. The average Bonchev–Trinajstić information content (AvgIpc) is 3.21. The fourth-order valence-corrected chi connectivity index (χ4v) is 3.26. The lowest BCUT2D eigenvalue weighted by Crippen LogP contribution is -2.33. The number of benzene rings is 1. The Kier molecular flexibility index (Phi) is 3.63. The van der Waals surface area contributed by atoms with Crippen LogP contribution in [0, 0.1) is 0 Å². The molecular formula is C16H19N7. The molecule has 0 saturated carbocycles. The van der Waals surface area contributed by atoms with Gasteiger partial charge in [-0.3, -0.25) is 9.58 Å². The van der Waals surface area contributed by atoms with Crippen LogP contribution in [0.5, 0.6) is 0 Å². The number of likely N-dealkylation sites (tertiary alicyclic amines) is 1. The number of aromatic nitrogens is 5. The Morgan fingerprint density at radius 2 is 2.13 bits per heavy atom. The van der Waals surface area contributed by atoms with E-state index in [1.807, 2.05) is 28.9 Å². The summed E-state index contributed by atoms with van der Waals surface area (Å²) in [6, 6.07) is 8.30. The van der Waals surface area contributed by atoms with Crippen LogP contribution in [0.25, 0.3) is 10.9 Å². The molecule has 7 nitrogen and oxygen atoms in total. The molecule has 1 fully saturated rings. The van der Waals surface area contributed by atoms with Crippen LogP contribution in [-0.4, -0.2) is 42.2 Å². The van der Waals surface area contributed by atoms with Gasteiger partial charge in [-0.05, 0) is 31.5 Å². The number of nitrogen functional groups attached to an aromatic ring is 1. The molecule has 1 saturated heterocycles. The third kappa shape index (κ3) is 2.87. The lowest BCUT2D eigenvalue weighted by molar-refractivity contribution is 0.214. The van der Waals surface area contributed by atoms with Gasteiger partial charge in [0.15, 0.2) is 0 Å². The Hall–Kier alpha value is -2.54. The first-order valence-corrected chi connectivity index (χ1v) is 7.87. The monoisotopic (exact) mass is 309 g/mol. The summed E-state index contributed by atoms with van der Waals surface area (Å²) < 4.78 is 1.89. The Morgan fingerprint density at radius 3 is 3.00 bits per heavy atom. The van der Waals surface area contributed by atoms with Crippen molar-refractivity contribution >= 4 is 16.7 Å². The van der Waals surface area contributed by atoms with Crippen LogP contribution in [0.2, 0.25) is 0 Å². The van der Waals surface area contributed by atoms with Crippen molar-refractivity contribution in [2.45, 2.75) is 32.0 Å². The number of rotatable bonds is 4. The van der Waals surface area contributed by atoms with Crippen molar-refractivity contribution in [3.8, 4) is 0 Å². The van der Waals surface area contributed by atoms with Crippen LogP contribution >= 0.6 is 0 Å². The number of nitrogens with two attached hydrogens (primary N) is 1. The Labute approximate surface area is 134 Å². The zero-order valence-corrected chi connectivity index (χ0v) is 12.8. The molecule has 23 heavy (non-hydrogen) atoms. The zero-order chi connectivity index (χ0) is 15.6. The minimum Gasteiger partial charge on any atom is -0.383 e. The standard InChI is InChI=1S/C16H19N7/c17-16-13-5-1-2-6-14(13)20-15(21-16)9-22-7-3-4-12(22)8-23-11-18-10-19-23/h1-2,5-6,10-12H,3-4,7-9H2,(H2,17,20,21)/t12-/m0/s1. The molecule has 118 valence electrons. The molecule has 1 aliphatic rings. The molecule has 1 atom stereocenters. The first-order chi connectivity index (χ1) is 11.3. The van der Waals surface area contributed by atoms with Gasteiger partial charge < -0.3 is 5.73 Å². The van der Waals surface area contributed by atoms with E-state index in [0.29, 0.717) is 18.4 Å². The van der Waals surface area contributed by atoms with E-state index in [4.69, 9.17) is 5.73 Å². The molecule has 0 bridgehead atoms. The van der Waals surface area contributed by atoms with Gasteiger partial charge in [0.2, 0.25) is 0 Å². The molecule has 1 aromatic carbocycles. The SMILES string of the molecule is Nc1nc(CN2CCC[C@H]2Cn2cncn2)nc2ccccc12. The molecule has 3 aromatic rings. The summed E-state index contributed by atoms with van der Waals surface area (Å²) in [5.74, 6) is 1.34. The third-order valence-electron chi connectivity index (χ3n) is 4.39. The van der Waals surface area contributed by atoms with E-state index < -0.39 is 0 Å². The van der Waals surface area contributed by atoms with Crippen LogP contribution in [-0.2, 0) is 13.1 Å². The fraction of sp³-hybridized carbons (Fsp3) is 0.375. The molecule has 1 aliphatic heterocycles. The van der Waals surface area contributed by atoms with E-state index in [0.717, 1.165) is 36.2 Å². The second-order valence-electron chi connectivity index (χ2n) is 5.93. The Bertz CT molecular complexity index is 799. The summed E-state index contributed by atoms with van der Waals surface area (Å²) in [6.45, 7) is 2.62. The van der Waals surface area contributed by atoms with Gasteiger partial charge >= 0.3 is 0 Å². The van der Waals surface area contributed by atoms with Gasteiger partial charge in [0, 0.05) is 11.4 Å². The van der Waals surface area contributed by atoms with Crippen molar-refractivity contribution in [3.05, 3.63) is 42.7 Å². The van der Waals surface area contributed by atoms with Crippen LogP contribution in [0.1, 0.15) is 18.7 Å². The Morgan fingerprint density at radius 1 is 1.22 bits per heavy atom. The predicted octanol–water partition coefficient (Wildman–Crippen LogP) is 1.47. The van der Waals surface area contributed by atoms with E-state index in [2.05, 4.69) is 25.0 Å². The number of fused-ring (bicyclic) bond motifs is 1. The predicted molar refractivity (Wildman–Crippen MR) is 87.4 cm³/mol. The van der Waals surface area contributed by atoms with Gasteiger partial charge in [0.1, 0.15) is 24.3 Å². The molecule has 0 aliphatic carbocycles. The minimum atomic E-state index is 0.438. The van der Waals surface area contributed by atoms with Gasteiger partial charge in [0.05, 0.1) is 18.6 Å². The zero-order valence-electron chi connectivity index (χ0n) is 12.8. The summed E-state index contributed by atoms with van der Waals surface area (Å²) in [5, 5.41) is 5.12. The van der Waals surface area contributed by atoms with Gasteiger partial charge in [-0.25, -0.2) is 15.0 Å². The summed E-state index contributed by atoms with van der Waals surface area (Å²) in [7, 11) is 0. The summed E-state index contributed by atoms with van der Waals surface area (Å²) in [6.07, 6.45) is 5.68. The second-order valence-corrected chi connectivity index (χ2v) is 5.93. The summed E-state index contributed by atoms with van der Waals surface area (Å²) in [4.78, 5) is 15.6. The highest BCUT2D eigenvalue weighted by Gasteiger charge is 2.26. The number of nitrogens with zero attached hydrogens (tertiary/aromatic N) is 6. The molecule has 7 heteroatoms. The maximum Gasteiger partial charge on any atom is 0.145 e. The van der Waals surface area contributed by atoms with E-state index in [1.54, 1.807) is 12.7 Å². The van der Waals surface area contributed by atoms with Gasteiger partial charge in [0.25, 0.3) is 0 Å². The molecule has 3 heterocycles. The van der Waals surface area contributed by atoms with Crippen molar-refractivity contribution in [1.29, 1.82) is 0 Å². The average molecular weight is 309 g/mol. The number of hydrogen-bond acceptors (Lipinski definition) is 6. The lowest BCUT2D eigenvalue weighted by Gasteiger charge is -2.23. The first kappa shape index (κ1) is 14.1. The molecule has 2 aromatic heterocycles. The fourth-order valence-electron chi connectivity index (χ4n) is 3.26. The normalized spacial score (nSPS) is 18.7. The topological polar surface area (TPSA) is 85.8 Å². The van der Waals surface area contributed by atoms with Crippen molar-refractivity contribution in [3.63, 3.8) is 0 Å². The maximum atomic E-state index is 6.08. The second kappa shape index (κ2) is 5.92. The molecule has 0 radical (unpaired) electrons. The molecular weight excluding hydrogens is 290 g/mol. The van der Waals surface area contributed by atoms with Crippen molar-refractivity contribution in [2.75, 3.05) is 12.3 Å². The highest BCUT2D eigenvalue weighted by Crippen LogP contribution is 2.22. The lowest BCUT2D eigenvalue weighted by atomic mass is 10.2. The van der Waals surface area contributed by atoms with Gasteiger partial charge in [-0.15, -0.1) is 0 Å². The summed E-state index contributed by atoms with van der Waals surface area (Å²) >= 11 is 0. The van der Waals surface area contributed by atoms with E-state index >= 15 is 0 Å². The van der Waals surface area contributed by atoms with Crippen molar-refractivity contribution in [2.24, 2.45) is 0 Å². The van der Waals surface area contributed by atoms with Crippen LogP contribution < -0.4 is 5.73 Å². The van der Waals surface area contributed by atoms with Crippen LogP contribution in [0.4, 0.5) is 5.82 Å². The largest absolute Gasteiger partial charge is 0.383 e. The first-order valence-electron chi connectivity index (χ1n) is 7.87. The third-order valence-corrected chi connectivity index (χ3v) is 4.39. The van der Waals surface area contributed by atoms with E-state index in [9.17, 15) is 0 Å². The highest BCUT2D eigenvalue weighted by molar-refractivity contribution is 5.87. The van der Waals surface area contributed by atoms with Crippen LogP contribution in [0.3, 0.4) is 0 Å². The minimum absolute atomic E-state index is 0.438.